The third-order valence-electron chi connectivity index (χ3n) is 3.99. The first-order valence-corrected chi connectivity index (χ1v) is 8.29. The van der Waals surface area contributed by atoms with Crippen LogP contribution in [0.3, 0.4) is 0 Å². The van der Waals surface area contributed by atoms with Crippen LogP contribution >= 0.6 is 0 Å². The molecule has 3 nitrogen and oxygen atoms in total. The maximum absolute atomic E-state index is 6.05. The fourth-order valence-corrected chi connectivity index (χ4v) is 2.71. The molecule has 1 N–H and O–H groups in total. The van der Waals surface area contributed by atoms with Gasteiger partial charge in [-0.05, 0) is 17.7 Å². The standard InChI is InChI=1S/C22H18N2O/c1-4-10-17(11-5-1)16-23-22-20(18-12-6-2-7-13-18)24-21(25-22)19-14-8-3-9-15-19/h1-15,23H,16H2. The van der Waals surface area contributed by atoms with Crippen LogP contribution in [-0.4, -0.2) is 4.98 Å². The number of rotatable bonds is 5. The van der Waals surface area contributed by atoms with Gasteiger partial charge in [0.25, 0.3) is 0 Å². The zero-order valence-electron chi connectivity index (χ0n) is 13.7. The smallest absolute Gasteiger partial charge is 0.229 e. The second-order valence-electron chi connectivity index (χ2n) is 5.77. The molecule has 0 amide bonds. The van der Waals surface area contributed by atoms with E-state index in [2.05, 4.69) is 17.4 Å². The third kappa shape index (κ3) is 3.45. The second kappa shape index (κ2) is 7.05. The van der Waals surface area contributed by atoms with Gasteiger partial charge in [-0.1, -0.05) is 78.9 Å². The van der Waals surface area contributed by atoms with E-state index in [1.165, 1.54) is 5.56 Å². The summed E-state index contributed by atoms with van der Waals surface area (Å²) in [5.41, 5.74) is 4.02. The van der Waals surface area contributed by atoms with E-state index in [9.17, 15) is 0 Å². The predicted molar refractivity (Wildman–Crippen MR) is 101 cm³/mol. The molecule has 3 heteroatoms. The van der Waals surface area contributed by atoms with Crippen molar-refractivity contribution < 1.29 is 4.42 Å². The van der Waals surface area contributed by atoms with Gasteiger partial charge in [0, 0.05) is 17.7 Å². The molecule has 3 aromatic carbocycles. The second-order valence-corrected chi connectivity index (χ2v) is 5.77. The summed E-state index contributed by atoms with van der Waals surface area (Å²) in [6.07, 6.45) is 0. The van der Waals surface area contributed by atoms with Crippen LogP contribution < -0.4 is 5.32 Å². The summed E-state index contributed by atoms with van der Waals surface area (Å²) in [6.45, 7) is 0.685. The molecule has 0 fully saturated rings. The SMILES string of the molecule is c1ccc(CNc2oc(-c3ccccc3)nc2-c2ccccc2)cc1. The minimum Gasteiger partial charge on any atom is -0.420 e. The minimum atomic E-state index is 0.620. The van der Waals surface area contributed by atoms with Gasteiger partial charge in [-0.15, -0.1) is 0 Å². The fraction of sp³-hybridized carbons (Fsp3) is 0.0455. The Morgan fingerprint density at radius 3 is 1.88 bits per heavy atom. The first-order chi connectivity index (χ1) is 12.4. The number of anilines is 1. The minimum absolute atomic E-state index is 0.620. The van der Waals surface area contributed by atoms with Gasteiger partial charge < -0.3 is 9.73 Å². The van der Waals surface area contributed by atoms with E-state index in [1.807, 2.05) is 78.9 Å². The highest BCUT2D eigenvalue weighted by Crippen LogP contribution is 2.32. The molecule has 0 aliphatic rings. The van der Waals surface area contributed by atoms with Crippen molar-refractivity contribution in [3.05, 3.63) is 96.6 Å². The van der Waals surface area contributed by atoms with E-state index < -0.39 is 0 Å². The maximum Gasteiger partial charge on any atom is 0.229 e. The molecule has 122 valence electrons. The topological polar surface area (TPSA) is 38.1 Å². The van der Waals surface area contributed by atoms with Gasteiger partial charge in [0.15, 0.2) is 0 Å². The monoisotopic (exact) mass is 326 g/mol. The molecule has 0 saturated heterocycles. The molecule has 0 radical (unpaired) electrons. The van der Waals surface area contributed by atoms with Gasteiger partial charge in [-0.3, -0.25) is 0 Å². The lowest BCUT2D eigenvalue weighted by atomic mass is 10.1. The van der Waals surface area contributed by atoms with Gasteiger partial charge in [-0.2, -0.15) is 0 Å². The van der Waals surface area contributed by atoms with Crippen LogP contribution in [0.4, 0.5) is 5.88 Å². The van der Waals surface area contributed by atoms with Gasteiger partial charge in [0.1, 0.15) is 5.69 Å². The lowest BCUT2D eigenvalue weighted by Crippen LogP contribution is -1.99. The van der Waals surface area contributed by atoms with Crippen LogP contribution in [0.2, 0.25) is 0 Å². The maximum atomic E-state index is 6.05. The summed E-state index contributed by atoms with van der Waals surface area (Å²) in [5, 5.41) is 3.39. The average Bonchev–Trinajstić information content (AvgIpc) is 3.13. The molecule has 1 aromatic heterocycles. The van der Waals surface area contributed by atoms with E-state index in [0.717, 1.165) is 16.8 Å². The lowest BCUT2D eigenvalue weighted by Gasteiger charge is -2.05. The molecule has 4 rings (SSSR count). The first-order valence-electron chi connectivity index (χ1n) is 8.29. The van der Waals surface area contributed by atoms with Gasteiger partial charge >= 0.3 is 0 Å². The van der Waals surface area contributed by atoms with Crippen molar-refractivity contribution in [2.24, 2.45) is 0 Å². The summed E-state index contributed by atoms with van der Waals surface area (Å²) in [4.78, 5) is 4.73. The molecule has 1 heterocycles. The quantitative estimate of drug-likeness (QED) is 0.517. The fourth-order valence-electron chi connectivity index (χ4n) is 2.71. The molecule has 0 bridgehead atoms. The number of nitrogens with zero attached hydrogens (tertiary/aromatic N) is 1. The van der Waals surface area contributed by atoms with E-state index in [1.54, 1.807) is 0 Å². The number of hydrogen-bond acceptors (Lipinski definition) is 3. The van der Waals surface area contributed by atoms with Crippen molar-refractivity contribution in [1.82, 2.24) is 4.98 Å². The van der Waals surface area contributed by atoms with Crippen molar-refractivity contribution in [2.75, 3.05) is 5.32 Å². The van der Waals surface area contributed by atoms with Crippen molar-refractivity contribution in [3.8, 4) is 22.7 Å². The summed E-state index contributed by atoms with van der Waals surface area (Å²) in [5.74, 6) is 1.31. The summed E-state index contributed by atoms with van der Waals surface area (Å²) in [6, 6.07) is 30.3. The number of aromatic nitrogens is 1. The number of nitrogens with one attached hydrogen (secondary N) is 1. The molecular weight excluding hydrogens is 308 g/mol. The molecule has 0 spiro atoms. The van der Waals surface area contributed by atoms with Gasteiger partial charge in [0.2, 0.25) is 11.8 Å². The van der Waals surface area contributed by atoms with E-state index in [0.29, 0.717) is 18.3 Å². The van der Waals surface area contributed by atoms with E-state index in [4.69, 9.17) is 9.40 Å². The molecule has 25 heavy (non-hydrogen) atoms. The molecule has 0 unspecified atom stereocenters. The van der Waals surface area contributed by atoms with Crippen LogP contribution in [0.1, 0.15) is 5.56 Å². The Balaban J connectivity index is 1.69. The van der Waals surface area contributed by atoms with Crippen molar-refractivity contribution in [2.45, 2.75) is 6.54 Å². The predicted octanol–water partition coefficient (Wildman–Crippen LogP) is 5.62. The number of benzene rings is 3. The highest BCUT2D eigenvalue weighted by Gasteiger charge is 2.16. The molecule has 4 aromatic rings. The van der Waals surface area contributed by atoms with Crippen molar-refractivity contribution in [1.29, 1.82) is 0 Å². The van der Waals surface area contributed by atoms with Crippen molar-refractivity contribution >= 4 is 5.88 Å². The largest absolute Gasteiger partial charge is 0.420 e. The molecule has 0 aliphatic heterocycles. The first kappa shape index (κ1) is 15.2. The molecule has 0 saturated carbocycles. The van der Waals surface area contributed by atoms with Crippen LogP contribution in [0, 0.1) is 0 Å². The Labute approximate surface area is 147 Å². The van der Waals surface area contributed by atoms with E-state index >= 15 is 0 Å². The molecule has 0 aliphatic carbocycles. The summed E-state index contributed by atoms with van der Waals surface area (Å²) in [7, 11) is 0. The van der Waals surface area contributed by atoms with Crippen LogP contribution in [0.5, 0.6) is 0 Å². The molecule has 0 atom stereocenters. The van der Waals surface area contributed by atoms with Crippen molar-refractivity contribution in [3.63, 3.8) is 0 Å². The Hall–Kier alpha value is -3.33. The highest BCUT2D eigenvalue weighted by atomic mass is 16.4. The van der Waals surface area contributed by atoms with Crippen LogP contribution in [-0.2, 0) is 6.54 Å². The third-order valence-corrected chi connectivity index (χ3v) is 3.99. The molecular formula is C22H18N2O. The van der Waals surface area contributed by atoms with Crippen LogP contribution in [0.15, 0.2) is 95.4 Å². The Morgan fingerprint density at radius 1 is 0.680 bits per heavy atom. The normalized spacial score (nSPS) is 10.6. The van der Waals surface area contributed by atoms with E-state index in [-0.39, 0.29) is 0 Å². The summed E-state index contributed by atoms with van der Waals surface area (Å²) < 4.78 is 6.05. The number of hydrogen-bond donors (Lipinski definition) is 1. The Kier molecular flexibility index (Phi) is 4.29. The van der Waals surface area contributed by atoms with Crippen LogP contribution in [0.25, 0.3) is 22.7 Å². The van der Waals surface area contributed by atoms with Gasteiger partial charge in [-0.25, -0.2) is 4.98 Å². The zero-order chi connectivity index (χ0) is 16.9. The number of oxazole rings is 1. The Bertz CT molecular complexity index is 932. The summed E-state index contributed by atoms with van der Waals surface area (Å²) >= 11 is 0. The lowest BCUT2D eigenvalue weighted by molar-refractivity contribution is 0.585. The van der Waals surface area contributed by atoms with Gasteiger partial charge in [0.05, 0.1) is 0 Å². The Morgan fingerprint density at radius 2 is 1.24 bits per heavy atom. The average molecular weight is 326 g/mol. The highest BCUT2D eigenvalue weighted by molar-refractivity contribution is 5.73. The zero-order valence-corrected chi connectivity index (χ0v) is 13.7.